The Hall–Kier alpha value is -3.53. The molecule has 2 aromatic heterocycles. The third-order valence-electron chi connectivity index (χ3n) is 5.31. The molecule has 0 saturated carbocycles. The summed E-state index contributed by atoms with van der Waals surface area (Å²) in [4.78, 5) is 21.2. The molecule has 0 unspecified atom stereocenters. The fraction of sp³-hybridized carbons (Fsp3) is 0.148. The number of hydrogen-bond acceptors (Lipinski definition) is 8. The normalized spacial score (nSPS) is 11.7. The number of carbonyl (C=O) groups is 1. The topological polar surface area (TPSA) is 105 Å². The first-order chi connectivity index (χ1) is 17.6. The van der Waals surface area contributed by atoms with Crippen molar-refractivity contribution in [2.75, 3.05) is 11.1 Å². The molecule has 9 heteroatoms. The molecule has 7 nitrogen and oxygen atoms in total. The molecule has 1 aliphatic heterocycles. The van der Waals surface area contributed by atoms with Gasteiger partial charge in [0.1, 0.15) is 12.4 Å². The van der Waals surface area contributed by atoms with Crippen molar-refractivity contribution in [3.8, 4) is 5.75 Å². The maximum atomic E-state index is 11.0. The van der Waals surface area contributed by atoms with Gasteiger partial charge in [0.2, 0.25) is 0 Å². The molecule has 4 aromatic rings. The van der Waals surface area contributed by atoms with E-state index in [-0.39, 0.29) is 5.56 Å². The molecule has 0 spiro atoms. The molecule has 5 rings (SSSR count). The summed E-state index contributed by atoms with van der Waals surface area (Å²) in [6.07, 6.45) is 6.12. The molecule has 0 amide bonds. The number of aromatic nitrogens is 2. The van der Waals surface area contributed by atoms with Crippen molar-refractivity contribution in [3.63, 3.8) is 0 Å². The highest BCUT2D eigenvalue weighted by Gasteiger charge is 2.16. The van der Waals surface area contributed by atoms with Gasteiger partial charge >= 0.3 is 5.97 Å². The molecule has 0 saturated heterocycles. The third kappa shape index (κ3) is 7.24. The van der Waals surface area contributed by atoms with E-state index in [1.807, 2.05) is 30.0 Å². The van der Waals surface area contributed by atoms with Crippen molar-refractivity contribution in [2.45, 2.75) is 29.4 Å². The van der Waals surface area contributed by atoms with Crippen LogP contribution < -0.4 is 10.1 Å². The Morgan fingerprint density at radius 3 is 2.61 bits per heavy atom. The number of aromatic carboxylic acids is 1. The van der Waals surface area contributed by atoms with Crippen LogP contribution in [-0.2, 0) is 19.6 Å². The van der Waals surface area contributed by atoms with Crippen LogP contribution >= 0.6 is 23.8 Å². The van der Waals surface area contributed by atoms with Crippen LogP contribution in [0.25, 0.3) is 0 Å². The van der Waals surface area contributed by atoms with Crippen molar-refractivity contribution in [1.29, 1.82) is 0 Å². The second kappa shape index (κ2) is 13.0. The molecule has 3 N–H and O–H groups in total. The van der Waals surface area contributed by atoms with Crippen LogP contribution in [0.2, 0.25) is 0 Å². The fourth-order valence-corrected chi connectivity index (χ4v) is 4.78. The number of hydrogen-bond donors (Lipinski definition) is 3. The summed E-state index contributed by atoms with van der Waals surface area (Å²) in [5.41, 5.74) is 4.46. The van der Waals surface area contributed by atoms with E-state index in [0.717, 1.165) is 39.8 Å². The SMILES string of the molecule is O=C(O)c1ccc(COc2cc3c(cc2NCc2ccccn2)CCS3)cc1.OSc1cccnc1. The largest absolute Gasteiger partial charge is 0.487 e. The van der Waals surface area contributed by atoms with E-state index >= 15 is 0 Å². The summed E-state index contributed by atoms with van der Waals surface area (Å²) in [6, 6.07) is 20.5. The Balaban J connectivity index is 0.000000325. The summed E-state index contributed by atoms with van der Waals surface area (Å²) < 4.78 is 14.5. The zero-order valence-corrected chi connectivity index (χ0v) is 21.0. The van der Waals surface area contributed by atoms with Crippen molar-refractivity contribution < 1.29 is 19.2 Å². The van der Waals surface area contributed by atoms with E-state index in [2.05, 4.69) is 27.4 Å². The van der Waals surface area contributed by atoms with Gasteiger partial charge in [-0.1, -0.05) is 18.2 Å². The number of fused-ring (bicyclic) bond motifs is 1. The van der Waals surface area contributed by atoms with Gasteiger partial charge in [0, 0.05) is 41.3 Å². The average Bonchev–Trinajstić information content (AvgIpc) is 3.39. The quantitative estimate of drug-likeness (QED) is 0.232. The number of anilines is 1. The highest BCUT2D eigenvalue weighted by atomic mass is 32.2. The number of ether oxygens (including phenoxy) is 1. The van der Waals surface area contributed by atoms with E-state index in [9.17, 15) is 4.79 Å². The molecule has 3 heterocycles. The maximum absolute atomic E-state index is 11.0. The summed E-state index contributed by atoms with van der Waals surface area (Å²) in [7, 11) is 0. The van der Waals surface area contributed by atoms with Crippen LogP contribution in [-0.4, -0.2) is 31.3 Å². The van der Waals surface area contributed by atoms with Crippen molar-refractivity contribution >= 4 is 35.5 Å². The minimum Gasteiger partial charge on any atom is -0.487 e. The van der Waals surface area contributed by atoms with Crippen LogP contribution in [0.15, 0.2) is 95.1 Å². The molecule has 0 radical (unpaired) electrons. The Bertz CT molecular complexity index is 1270. The first kappa shape index (κ1) is 25.6. The Morgan fingerprint density at radius 1 is 1.08 bits per heavy atom. The molecular formula is C27H25N3O4S2. The highest BCUT2D eigenvalue weighted by Crippen LogP contribution is 2.39. The Labute approximate surface area is 218 Å². The molecule has 0 aliphatic carbocycles. The molecule has 36 heavy (non-hydrogen) atoms. The van der Waals surface area contributed by atoms with Crippen molar-refractivity contribution in [1.82, 2.24) is 9.97 Å². The molecule has 0 fully saturated rings. The predicted octanol–water partition coefficient (Wildman–Crippen LogP) is 6.27. The monoisotopic (exact) mass is 519 g/mol. The summed E-state index contributed by atoms with van der Waals surface area (Å²) >= 11 is 2.55. The average molecular weight is 520 g/mol. The van der Waals surface area contributed by atoms with E-state index in [4.69, 9.17) is 14.4 Å². The second-order valence-electron chi connectivity index (χ2n) is 7.80. The van der Waals surface area contributed by atoms with Gasteiger partial charge in [-0.15, -0.1) is 11.8 Å². The van der Waals surface area contributed by atoms with Crippen molar-refractivity contribution in [2.24, 2.45) is 0 Å². The molecular weight excluding hydrogens is 494 g/mol. The van der Waals surface area contributed by atoms with Gasteiger partial charge in [-0.3, -0.25) is 9.97 Å². The van der Waals surface area contributed by atoms with Gasteiger partial charge < -0.3 is 19.7 Å². The van der Waals surface area contributed by atoms with Crippen LogP contribution in [0.1, 0.15) is 27.2 Å². The Kier molecular flexibility index (Phi) is 9.21. The van der Waals surface area contributed by atoms with Crippen LogP contribution in [0.5, 0.6) is 5.75 Å². The molecule has 0 bridgehead atoms. The first-order valence-corrected chi connectivity index (χ1v) is 13.0. The molecule has 1 aliphatic rings. The summed E-state index contributed by atoms with van der Waals surface area (Å²) in [5, 5.41) is 12.5. The van der Waals surface area contributed by atoms with E-state index in [1.165, 1.54) is 10.5 Å². The number of rotatable bonds is 8. The molecule has 184 valence electrons. The van der Waals surface area contributed by atoms with Gasteiger partial charge in [-0.25, -0.2) is 4.79 Å². The maximum Gasteiger partial charge on any atom is 0.335 e. The van der Waals surface area contributed by atoms with E-state index < -0.39 is 5.97 Å². The zero-order valence-electron chi connectivity index (χ0n) is 19.3. The minimum atomic E-state index is -0.927. The number of benzene rings is 2. The number of nitrogens with zero attached hydrogens (tertiary/aromatic N) is 2. The van der Waals surface area contributed by atoms with Crippen LogP contribution in [0.4, 0.5) is 5.69 Å². The first-order valence-electron chi connectivity index (χ1n) is 11.2. The van der Waals surface area contributed by atoms with Gasteiger partial charge in [0.05, 0.1) is 28.4 Å². The Morgan fingerprint density at radius 2 is 1.94 bits per heavy atom. The number of pyridine rings is 2. The van der Waals surface area contributed by atoms with E-state index in [1.54, 1.807) is 55.0 Å². The zero-order chi connectivity index (χ0) is 25.2. The van der Waals surface area contributed by atoms with E-state index in [0.29, 0.717) is 25.2 Å². The van der Waals surface area contributed by atoms with Gasteiger partial charge in [-0.2, -0.15) is 0 Å². The number of thioether (sulfide) groups is 1. The molecule has 0 atom stereocenters. The highest BCUT2D eigenvalue weighted by molar-refractivity contribution is 7.99. The lowest BCUT2D eigenvalue weighted by Gasteiger charge is -2.15. The van der Waals surface area contributed by atoms with Crippen LogP contribution in [0.3, 0.4) is 0 Å². The second-order valence-corrected chi connectivity index (χ2v) is 9.59. The summed E-state index contributed by atoms with van der Waals surface area (Å²) in [6.45, 7) is 0.998. The lowest BCUT2D eigenvalue weighted by atomic mass is 10.1. The standard InChI is InChI=1S/C22H20N2O3S.C5H5NOS/c25-22(26)16-6-4-15(5-7-16)14-27-20-12-21-17(8-10-28-21)11-19(20)24-13-18-3-1-2-9-23-18;7-8-5-2-1-3-6-4-5/h1-7,9,11-12,24H,8,10,13-14H2,(H,25,26);1-4,7H. The van der Waals surface area contributed by atoms with Crippen molar-refractivity contribution in [3.05, 3.63) is 108 Å². The fourth-order valence-electron chi connectivity index (χ4n) is 3.46. The third-order valence-corrected chi connectivity index (χ3v) is 6.86. The molecule has 2 aromatic carbocycles. The summed E-state index contributed by atoms with van der Waals surface area (Å²) in [5.74, 6) is 0.963. The number of nitrogens with one attached hydrogen (secondary N) is 1. The number of carboxylic acid groups (broad SMARTS) is 1. The number of carboxylic acids is 1. The predicted molar refractivity (Wildman–Crippen MR) is 143 cm³/mol. The van der Waals surface area contributed by atoms with Crippen LogP contribution in [0, 0.1) is 0 Å². The number of aryl methyl sites for hydroxylation is 1. The lowest BCUT2D eigenvalue weighted by molar-refractivity contribution is 0.0697. The van der Waals surface area contributed by atoms with Gasteiger partial charge in [0.15, 0.2) is 0 Å². The lowest BCUT2D eigenvalue weighted by Crippen LogP contribution is -2.05. The van der Waals surface area contributed by atoms with Gasteiger partial charge in [-0.05, 0) is 66.1 Å². The van der Waals surface area contributed by atoms with Gasteiger partial charge in [0.25, 0.3) is 0 Å². The smallest absolute Gasteiger partial charge is 0.335 e. The minimum absolute atomic E-state index is 0.274.